The molecule has 18 heavy (non-hydrogen) atoms. The highest BCUT2D eigenvalue weighted by molar-refractivity contribution is 6.06. The molecule has 2 heteroatoms. The first-order chi connectivity index (χ1) is 8.38. The van der Waals surface area contributed by atoms with Gasteiger partial charge in [-0.2, -0.15) is 5.26 Å². The van der Waals surface area contributed by atoms with Crippen molar-refractivity contribution in [2.24, 2.45) is 5.41 Å². The van der Waals surface area contributed by atoms with Crippen LogP contribution in [0.1, 0.15) is 38.8 Å². The van der Waals surface area contributed by atoms with Gasteiger partial charge < -0.3 is 0 Å². The molecule has 0 heterocycles. The minimum Gasteiger partial charge on any atom is -0.293 e. The maximum Gasteiger partial charge on any atom is 0.178 e. The molecule has 94 valence electrons. The molecule has 0 spiro atoms. The Balaban J connectivity index is 3.05. The van der Waals surface area contributed by atoms with Crippen molar-refractivity contribution < 1.29 is 4.79 Å². The molecule has 0 amide bonds. The number of rotatable bonds is 3. The first kappa shape index (κ1) is 14.2. The summed E-state index contributed by atoms with van der Waals surface area (Å²) in [5.74, 6) is -0.121. The third-order valence-electron chi connectivity index (χ3n) is 2.75. The van der Waals surface area contributed by atoms with Crippen molar-refractivity contribution in [2.45, 2.75) is 34.1 Å². The minimum atomic E-state index is -0.523. The quantitative estimate of drug-likeness (QED) is 0.597. The van der Waals surface area contributed by atoms with Crippen LogP contribution in [0.5, 0.6) is 0 Å². The first-order valence-corrected chi connectivity index (χ1v) is 6.14. The Morgan fingerprint density at radius 2 is 1.83 bits per heavy atom. The van der Waals surface area contributed by atoms with E-state index in [0.717, 1.165) is 12.0 Å². The molecule has 0 aliphatic carbocycles. The predicted octanol–water partition coefficient (Wildman–Crippen LogP) is 3.77. The van der Waals surface area contributed by atoms with Crippen LogP contribution < -0.4 is 0 Å². The zero-order chi connectivity index (χ0) is 13.8. The van der Waals surface area contributed by atoms with E-state index in [1.165, 1.54) is 5.56 Å². The van der Waals surface area contributed by atoms with Crippen molar-refractivity contribution in [3.63, 3.8) is 0 Å². The van der Waals surface area contributed by atoms with Gasteiger partial charge in [0.15, 0.2) is 5.78 Å². The molecule has 0 aromatic heterocycles. The molecule has 0 fully saturated rings. The van der Waals surface area contributed by atoms with Crippen molar-refractivity contribution in [2.75, 3.05) is 0 Å². The number of hydrogen-bond acceptors (Lipinski definition) is 2. The van der Waals surface area contributed by atoms with E-state index in [0.29, 0.717) is 0 Å². The van der Waals surface area contributed by atoms with Gasteiger partial charge in [0.05, 0.1) is 5.57 Å². The zero-order valence-electron chi connectivity index (χ0n) is 11.4. The van der Waals surface area contributed by atoms with Crippen LogP contribution in [0.2, 0.25) is 0 Å². The molecule has 1 rings (SSSR count). The molecule has 0 bridgehead atoms. The van der Waals surface area contributed by atoms with Gasteiger partial charge in [0, 0.05) is 5.41 Å². The molecule has 2 nitrogen and oxygen atoms in total. The second kappa shape index (κ2) is 5.64. The lowest BCUT2D eigenvalue weighted by Gasteiger charge is -2.15. The summed E-state index contributed by atoms with van der Waals surface area (Å²) in [5, 5.41) is 9.08. The van der Waals surface area contributed by atoms with Crippen molar-refractivity contribution in [1.29, 1.82) is 5.26 Å². The standard InChI is InChI=1S/C16H19NO/c1-5-12-6-8-13(9-7-12)10-14(11-17)15(18)16(2,3)4/h6-10H,5H2,1-4H3/b14-10+. The van der Waals surface area contributed by atoms with Crippen LogP contribution in [-0.2, 0) is 11.2 Å². The summed E-state index contributed by atoms with van der Waals surface area (Å²) in [7, 11) is 0. The molecule has 0 saturated carbocycles. The summed E-state index contributed by atoms with van der Waals surface area (Å²) in [5.41, 5.74) is 1.83. The number of carbonyl (C=O) groups is 1. The Morgan fingerprint density at radius 3 is 2.22 bits per heavy atom. The Morgan fingerprint density at radius 1 is 1.28 bits per heavy atom. The van der Waals surface area contributed by atoms with Crippen LogP contribution in [0, 0.1) is 16.7 Å². The molecular formula is C16H19NO. The lowest BCUT2D eigenvalue weighted by atomic mass is 9.86. The molecule has 0 unspecified atom stereocenters. The zero-order valence-corrected chi connectivity index (χ0v) is 11.4. The van der Waals surface area contributed by atoms with Gasteiger partial charge in [-0.15, -0.1) is 0 Å². The normalized spacial score (nSPS) is 12.1. The van der Waals surface area contributed by atoms with Crippen molar-refractivity contribution in [1.82, 2.24) is 0 Å². The molecule has 0 radical (unpaired) electrons. The van der Waals surface area contributed by atoms with Crippen LogP contribution in [0.3, 0.4) is 0 Å². The second-order valence-corrected chi connectivity index (χ2v) is 5.34. The number of nitriles is 1. The maximum absolute atomic E-state index is 12.0. The summed E-state index contributed by atoms with van der Waals surface area (Å²) in [4.78, 5) is 12.0. The molecular weight excluding hydrogens is 222 g/mol. The summed E-state index contributed by atoms with van der Waals surface area (Å²) >= 11 is 0. The van der Waals surface area contributed by atoms with Crippen LogP contribution in [-0.4, -0.2) is 5.78 Å². The fourth-order valence-corrected chi connectivity index (χ4v) is 1.57. The topological polar surface area (TPSA) is 40.9 Å². The third kappa shape index (κ3) is 3.56. The summed E-state index contributed by atoms with van der Waals surface area (Å²) in [6.07, 6.45) is 2.64. The second-order valence-electron chi connectivity index (χ2n) is 5.34. The van der Waals surface area contributed by atoms with E-state index in [4.69, 9.17) is 5.26 Å². The number of carbonyl (C=O) groups excluding carboxylic acids is 1. The van der Waals surface area contributed by atoms with E-state index >= 15 is 0 Å². The first-order valence-electron chi connectivity index (χ1n) is 6.14. The molecule has 0 aliphatic rings. The lowest BCUT2D eigenvalue weighted by molar-refractivity contribution is -0.121. The summed E-state index contributed by atoms with van der Waals surface area (Å²) in [6.45, 7) is 7.55. The monoisotopic (exact) mass is 241 g/mol. The molecule has 0 aliphatic heterocycles. The number of nitrogens with zero attached hydrogens (tertiary/aromatic N) is 1. The van der Waals surface area contributed by atoms with Gasteiger partial charge in [-0.05, 0) is 23.6 Å². The number of aryl methyl sites for hydroxylation is 1. The van der Waals surface area contributed by atoms with Gasteiger partial charge in [0.2, 0.25) is 0 Å². The van der Waals surface area contributed by atoms with Gasteiger partial charge in [0.25, 0.3) is 0 Å². The lowest BCUT2D eigenvalue weighted by Crippen LogP contribution is -2.21. The van der Waals surface area contributed by atoms with Gasteiger partial charge >= 0.3 is 0 Å². The Labute approximate surface area is 109 Å². The van der Waals surface area contributed by atoms with E-state index < -0.39 is 5.41 Å². The van der Waals surface area contributed by atoms with Gasteiger partial charge in [-0.25, -0.2) is 0 Å². The number of Topliss-reactive ketones (excluding diaryl/α,β-unsaturated/α-hetero) is 1. The SMILES string of the molecule is CCc1ccc(/C=C(\C#N)C(=O)C(C)(C)C)cc1. The Bertz CT molecular complexity index is 495. The van der Waals surface area contributed by atoms with E-state index in [-0.39, 0.29) is 11.4 Å². The number of hydrogen-bond donors (Lipinski definition) is 0. The van der Waals surface area contributed by atoms with E-state index in [1.54, 1.807) is 6.08 Å². The fraction of sp³-hybridized carbons (Fsp3) is 0.375. The van der Waals surface area contributed by atoms with Crippen LogP contribution in [0.4, 0.5) is 0 Å². The smallest absolute Gasteiger partial charge is 0.178 e. The number of ketones is 1. The summed E-state index contributed by atoms with van der Waals surface area (Å²) < 4.78 is 0. The highest BCUT2D eigenvalue weighted by Gasteiger charge is 2.24. The molecule has 0 saturated heterocycles. The van der Waals surface area contributed by atoms with Gasteiger partial charge in [-0.3, -0.25) is 4.79 Å². The molecule has 0 N–H and O–H groups in total. The van der Waals surface area contributed by atoms with Gasteiger partial charge in [0.1, 0.15) is 6.07 Å². The average molecular weight is 241 g/mol. The maximum atomic E-state index is 12.0. The molecule has 1 aromatic carbocycles. The van der Waals surface area contributed by atoms with E-state index in [9.17, 15) is 4.79 Å². The minimum absolute atomic E-state index is 0.121. The van der Waals surface area contributed by atoms with Crippen LogP contribution in [0.25, 0.3) is 6.08 Å². The van der Waals surface area contributed by atoms with Crippen LogP contribution >= 0.6 is 0 Å². The highest BCUT2D eigenvalue weighted by atomic mass is 16.1. The van der Waals surface area contributed by atoms with E-state index in [1.807, 2.05) is 51.1 Å². The number of benzene rings is 1. The number of allylic oxidation sites excluding steroid dienone is 1. The molecule has 0 atom stereocenters. The van der Waals surface area contributed by atoms with Gasteiger partial charge in [-0.1, -0.05) is 52.0 Å². The highest BCUT2D eigenvalue weighted by Crippen LogP contribution is 2.21. The summed E-state index contributed by atoms with van der Waals surface area (Å²) in [6, 6.07) is 9.90. The molecule has 1 aromatic rings. The van der Waals surface area contributed by atoms with Crippen molar-refractivity contribution >= 4 is 11.9 Å². The third-order valence-corrected chi connectivity index (χ3v) is 2.75. The van der Waals surface area contributed by atoms with Crippen LogP contribution in [0.15, 0.2) is 29.8 Å². The fourth-order valence-electron chi connectivity index (χ4n) is 1.57. The average Bonchev–Trinajstić information content (AvgIpc) is 2.34. The van der Waals surface area contributed by atoms with E-state index in [2.05, 4.69) is 6.92 Å². The van der Waals surface area contributed by atoms with Crippen molar-refractivity contribution in [3.8, 4) is 6.07 Å². The Hall–Kier alpha value is -1.88. The largest absolute Gasteiger partial charge is 0.293 e. The predicted molar refractivity (Wildman–Crippen MR) is 73.9 cm³/mol. The van der Waals surface area contributed by atoms with Crippen molar-refractivity contribution in [3.05, 3.63) is 41.0 Å². The Kier molecular flexibility index (Phi) is 4.44.